The average Bonchev–Trinajstić information content (AvgIpc) is 1.88. The van der Waals surface area contributed by atoms with Crippen molar-refractivity contribution in [3.63, 3.8) is 0 Å². The second-order valence-corrected chi connectivity index (χ2v) is 1.15. The summed E-state index contributed by atoms with van der Waals surface area (Å²) in [6, 6.07) is 0. The molecule has 0 saturated carbocycles. The molecule has 0 atom stereocenters. The van der Waals surface area contributed by atoms with Gasteiger partial charge in [-0.3, -0.25) is 0 Å². The number of aliphatic carboxylic acids is 4. The van der Waals surface area contributed by atoms with Gasteiger partial charge in [-0.05, 0) is 0 Å². The van der Waals surface area contributed by atoms with Crippen molar-refractivity contribution in [1.29, 1.82) is 0 Å². The zero-order valence-electron chi connectivity index (χ0n) is 5.97. The molecule has 9 heteroatoms. The fourth-order valence-electron chi connectivity index (χ4n) is 0. The SMILES string of the molecule is O=C([O-])C(=O)[O-].O=C([O-])C(=O)[O-].[Zn+2]. The number of carboxylic acid groups (broad SMARTS) is 4. The number of carboxylic acids is 4. The Morgan fingerprint density at radius 3 is 0.615 bits per heavy atom. The van der Waals surface area contributed by atoms with Gasteiger partial charge >= 0.3 is 19.5 Å². The van der Waals surface area contributed by atoms with Gasteiger partial charge in [-0.2, -0.15) is 0 Å². The minimum absolute atomic E-state index is 0. The number of rotatable bonds is 0. The van der Waals surface area contributed by atoms with Crippen LogP contribution >= 0.6 is 0 Å². The Morgan fingerprint density at radius 1 is 0.538 bits per heavy atom. The molecule has 0 bridgehead atoms. The van der Waals surface area contributed by atoms with Gasteiger partial charge in [0, 0.05) is 0 Å². The molecular formula is C4O8Zn-2. The molecule has 0 spiro atoms. The molecule has 0 amide bonds. The van der Waals surface area contributed by atoms with Crippen LogP contribution in [0.1, 0.15) is 0 Å². The van der Waals surface area contributed by atoms with Gasteiger partial charge < -0.3 is 39.6 Å². The Kier molecular flexibility index (Phi) is 11.6. The van der Waals surface area contributed by atoms with Crippen molar-refractivity contribution in [2.75, 3.05) is 0 Å². The van der Waals surface area contributed by atoms with E-state index in [2.05, 4.69) is 0 Å². The van der Waals surface area contributed by atoms with E-state index in [-0.39, 0.29) is 19.5 Å². The van der Waals surface area contributed by atoms with E-state index < -0.39 is 23.9 Å². The first-order valence-electron chi connectivity index (χ1n) is 2.13. The summed E-state index contributed by atoms with van der Waals surface area (Å²) in [4.78, 5) is 35.7. The fraction of sp³-hybridized carbons (Fsp3) is 0. The Morgan fingerprint density at radius 2 is 0.615 bits per heavy atom. The van der Waals surface area contributed by atoms with Crippen molar-refractivity contribution in [2.24, 2.45) is 0 Å². The van der Waals surface area contributed by atoms with E-state index in [1.807, 2.05) is 0 Å². The summed E-state index contributed by atoms with van der Waals surface area (Å²) in [5.74, 6) is -8.74. The van der Waals surface area contributed by atoms with Crippen LogP contribution in [-0.2, 0) is 38.7 Å². The van der Waals surface area contributed by atoms with Crippen LogP contribution in [0.5, 0.6) is 0 Å². The summed E-state index contributed by atoms with van der Waals surface area (Å²) in [6.45, 7) is 0. The summed E-state index contributed by atoms with van der Waals surface area (Å²) in [5.41, 5.74) is 0. The van der Waals surface area contributed by atoms with Crippen molar-refractivity contribution in [3.8, 4) is 0 Å². The third-order valence-electron chi connectivity index (χ3n) is 0.333. The van der Waals surface area contributed by atoms with Gasteiger partial charge in [0.25, 0.3) is 0 Å². The number of hydrogen-bond acceptors (Lipinski definition) is 8. The first-order chi connectivity index (χ1) is 5.29. The maximum atomic E-state index is 8.93. The van der Waals surface area contributed by atoms with E-state index in [1.165, 1.54) is 0 Å². The van der Waals surface area contributed by atoms with Gasteiger partial charge in [0.05, 0.1) is 23.9 Å². The van der Waals surface area contributed by atoms with Gasteiger partial charge in [0.1, 0.15) is 0 Å². The van der Waals surface area contributed by atoms with Crippen molar-refractivity contribution >= 4 is 23.9 Å². The Hall–Kier alpha value is -1.50. The van der Waals surface area contributed by atoms with Gasteiger partial charge in [-0.25, -0.2) is 0 Å². The van der Waals surface area contributed by atoms with Gasteiger partial charge in [0.2, 0.25) is 0 Å². The van der Waals surface area contributed by atoms with E-state index >= 15 is 0 Å². The minimum atomic E-state index is -2.19. The molecule has 0 saturated heterocycles. The molecule has 68 valence electrons. The van der Waals surface area contributed by atoms with Crippen LogP contribution < -0.4 is 20.4 Å². The van der Waals surface area contributed by atoms with Gasteiger partial charge in [-0.15, -0.1) is 0 Å². The molecule has 0 aromatic carbocycles. The zero-order chi connectivity index (χ0) is 10.3. The van der Waals surface area contributed by atoms with Gasteiger partial charge in [-0.1, -0.05) is 0 Å². The van der Waals surface area contributed by atoms with Crippen molar-refractivity contribution in [2.45, 2.75) is 0 Å². The van der Waals surface area contributed by atoms with Crippen LogP contribution in [-0.4, -0.2) is 23.9 Å². The summed E-state index contributed by atoms with van der Waals surface area (Å²) in [6.07, 6.45) is 0. The predicted octanol–water partition coefficient (Wildman–Crippen LogP) is -7.03. The quantitative estimate of drug-likeness (QED) is 0.298. The molecule has 0 aliphatic rings. The van der Waals surface area contributed by atoms with Crippen molar-refractivity contribution < 1.29 is 59.1 Å². The molecule has 0 aliphatic carbocycles. The van der Waals surface area contributed by atoms with E-state index in [0.29, 0.717) is 0 Å². The standard InChI is InChI=1S/2C2H2O4.Zn/c2*3-1(4)2(5)6;/h2*(H,3,4)(H,5,6);/q;;+2/p-4. The molecule has 0 aromatic heterocycles. The maximum Gasteiger partial charge on any atom is 2.00 e. The fourth-order valence-corrected chi connectivity index (χ4v) is 0. The Bertz CT molecular complexity index is 172. The minimum Gasteiger partial charge on any atom is -0.543 e. The van der Waals surface area contributed by atoms with Crippen LogP contribution in [0.25, 0.3) is 0 Å². The molecule has 0 rings (SSSR count). The van der Waals surface area contributed by atoms with Crippen LogP contribution in [0.3, 0.4) is 0 Å². The smallest absolute Gasteiger partial charge is 0.543 e. The largest absolute Gasteiger partial charge is 2.00 e. The van der Waals surface area contributed by atoms with E-state index in [0.717, 1.165) is 0 Å². The van der Waals surface area contributed by atoms with Crippen LogP contribution in [0.15, 0.2) is 0 Å². The molecule has 0 radical (unpaired) electrons. The van der Waals surface area contributed by atoms with Crippen LogP contribution in [0.2, 0.25) is 0 Å². The molecule has 0 N–H and O–H groups in total. The van der Waals surface area contributed by atoms with Gasteiger partial charge in [0.15, 0.2) is 0 Å². The molecule has 0 heterocycles. The summed E-state index contributed by atoms with van der Waals surface area (Å²) < 4.78 is 0. The molecule has 0 unspecified atom stereocenters. The zero-order valence-corrected chi connectivity index (χ0v) is 8.94. The second-order valence-electron chi connectivity index (χ2n) is 1.15. The average molecular weight is 241 g/mol. The third kappa shape index (κ3) is 18.0. The molecular weight excluding hydrogens is 241 g/mol. The normalized spacial score (nSPS) is 6.77. The first-order valence-corrected chi connectivity index (χ1v) is 2.13. The predicted molar refractivity (Wildman–Crippen MR) is 20.0 cm³/mol. The summed E-state index contributed by atoms with van der Waals surface area (Å²) >= 11 is 0. The number of carbonyl (C=O) groups is 4. The Labute approximate surface area is 83.5 Å². The van der Waals surface area contributed by atoms with E-state index in [4.69, 9.17) is 39.6 Å². The van der Waals surface area contributed by atoms with Crippen molar-refractivity contribution in [1.82, 2.24) is 0 Å². The van der Waals surface area contributed by atoms with Crippen LogP contribution in [0.4, 0.5) is 0 Å². The number of carbonyl (C=O) groups excluding carboxylic acids is 4. The van der Waals surface area contributed by atoms with Crippen LogP contribution in [0, 0.1) is 0 Å². The molecule has 0 fully saturated rings. The molecule has 8 nitrogen and oxygen atoms in total. The second kappa shape index (κ2) is 8.60. The van der Waals surface area contributed by atoms with E-state index in [9.17, 15) is 0 Å². The van der Waals surface area contributed by atoms with E-state index in [1.54, 1.807) is 0 Å². The first kappa shape index (κ1) is 17.6. The van der Waals surface area contributed by atoms with Crippen molar-refractivity contribution in [3.05, 3.63) is 0 Å². The summed E-state index contributed by atoms with van der Waals surface area (Å²) in [5, 5.41) is 35.7. The molecule has 0 aromatic rings. The maximum absolute atomic E-state index is 8.93. The molecule has 0 aliphatic heterocycles. The summed E-state index contributed by atoms with van der Waals surface area (Å²) in [7, 11) is 0. The Balaban J connectivity index is -0.000000143. The number of hydrogen-bond donors (Lipinski definition) is 0. The molecule has 13 heavy (non-hydrogen) atoms. The third-order valence-corrected chi connectivity index (χ3v) is 0.333. The monoisotopic (exact) mass is 240 g/mol. The topological polar surface area (TPSA) is 161 Å².